The van der Waals surface area contributed by atoms with Crippen molar-refractivity contribution in [2.45, 2.75) is 26.1 Å². The van der Waals surface area contributed by atoms with Crippen molar-refractivity contribution in [3.63, 3.8) is 0 Å². The fourth-order valence-corrected chi connectivity index (χ4v) is 1.09. The molecule has 102 valence electrons. The highest BCUT2D eigenvalue weighted by Crippen LogP contribution is 2.12. The number of ether oxygens (including phenoxy) is 3. The van der Waals surface area contributed by atoms with Gasteiger partial charge in [-0.05, 0) is 12.1 Å². The van der Waals surface area contributed by atoms with Gasteiger partial charge in [0.2, 0.25) is 0 Å². The van der Waals surface area contributed by atoms with Crippen molar-refractivity contribution in [2.75, 3.05) is 26.4 Å². The lowest BCUT2D eigenvalue weighted by Crippen LogP contribution is -2.06. The van der Waals surface area contributed by atoms with Crippen LogP contribution in [-0.2, 0) is 14.2 Å². The molecule has 18 heavy (non-hydrogen) atoms. The highest BCUT2D eigenvalue weighted by atomic mass is 16.6. The van der Waals surface area contributed by atoms with Gasteiger partial charge in [0, 0.05) is 0 Å². The van der Waals surface area contributed by atoms with Gasteiger partial charge in [0.1, 0.15) is 18.0 Å². The topological polar surface area (TPSA) is 54.5 Å². The first-order valence-electron chi connectivity index (χ1n) is 6.39. The minimum absolute atomic E-state index is 0.322. The predicted molar refractivity (Wildman–Crippen MR) is 69.8 cm³/mol. The standard InChI is InChI=1S/C6H10O3.C6H6O.C2H6/c1(5-3-8-5)7-2-6-4-9-6;7-6-4-2-1-3-5-6;1-2/h5-6H,1-4H2;1-5,7H;1-2H3. The van der Waals surface area contributed by atoms with Crippen LogP contribution >= 0.6 is 0 Å². The van der Waals surface area contributed by atoms with Gasteiger partial charge >= 0.3 is 0 Å². The Balaban J connectivity index is 0.000000163. The second kappa shape index (κ2) is 8.91. The molecule has 4 heteroatoms. The summed E-state index contributed by atoms with van der Waals surface area (Å²) < 4.78 is 15.1. The lowest BCUT2D eigenvalue weighted by molar-refractivity contribution is 0.102. The maximum atomic E-state index is 8.63. The number of phenolic OH excluding ortho intramolecular Hbond substituents is 1. The van der Waals surface area contributed by atoms with Crippen molar-refractivity contribution in [3.8, 4) is 5.75 Å². The third-order valence-electron chi connectivity index (χ3n) is 2.17. The Morgan fingerprint density at radius 2 is 1.50 bits per heavy atom. The van der Waals surface area contributed by atoms with Crippen LogP contribution in [0.3, 0.4) is 0 Å². The molecule has 3 rings (SSSR count). The van der Waals surface area contributed by atoms with E-state index in [0.717, 1.165) is 26.4 Å². The summed E-state index contributed by atoms with van der Waals surface area (Å²) in [6.07, 6.45) is 0.785. The van der Waals surface area contributed by atoms with E-state index in [1.54, 1.807) is 24.3 Å². The number of hydrogen-bond donors (Lipinski definition) is 1. The fourth-order valence-electron chi connectivity index (χ4n) is 1.09. The van der Waals surface area contributed by atoms with Gasteiger partial charge in [0.15, 0.2) is 0 Å². The van der Waals surface area contributed by atoms with Crippen molar-refractivity contribution < 1.29 is 19.3 Å². The maximum Gasteiger partial charge on any atom is 0.115 e. The molecule has 0 radical (unpaired) electrons. The van der Waals surface area contributed by atoms with E-state index in [-0.39, 0.29) is 0 Å². The van der Waals surface area contributed by atoms with E-state index in [0.29, 0.717) is 18.0 Å². The highest BCUT2D eigenvalue weighted by molar-refractivity contribution is 5.18. The molecule has 1 N–H and O–H groups in total. The largest absolute Gasteiger partial charge is 0.508 e. The quantitative estimate of drug-likeness (QED) is 0.837. The summed E-state index contributed by atoms with van der Waals surface area (Å²) in [4.78, 5) is 0. The molecule has 2 unspecified atom stereocenters. The minimum atomic E-state index is 0.322. The number of aromatic hydroxyl groups is 1. The molecule has 1 aromatic rings. The van der Waals surface area contributed by atoms with E-state index in [2.05, 4.69) is 0 Å². The smallest absolute Gasteiger partial charge is 0.115 e. The molecule has 0 spiro atoms. The molecule has 0 bridgehead atoms. The molecule has 0 aromatic heterocycles. The molecule has 2 fully saturated rings. The van der Waals surface area contributed by atoms with Gasteiger partial charge < -0.3 is 19.3 Å². The van der Waals surface area contributed by atoms with Crippen LogP contribution in [0.2, 0.25) is 0 Å². The Morgan fingerprint density at radius 1 is 1.06 bits per heavy atom. The summed E-state index contributed by atoms with van der Waals surface area (Å²) in [6.45, 7) is 7.26. The second-order valence-corrected chi connectivity index (χ2v) is 3.78. The second-order valence-electron chi connectivity index (χ2n) is 3.78. The fraction of sp³-hybridized carbons (Fsp3) is 0.571. The SMILES string of the molecule is C(OCC1CO1)C1CO1.CC.Oc1ccccc1. The molecule has 2 saturated heterocycles. The molecule has 4 nitrogen and oxygen atoms in total. The van der Waals surface area contributed by atoms with Crippen molar-refractivity contribution in [2.24, 2.45) is 0 Å². The van der Waals surface area contributed by atoms with Crippen LogP contribution in [0.5, 0.6) is 5.75 Å². The van der Waals surface area contributed by atoms with Gasteiger partial charge in [-0.2, -0.15) is 0 Å². The highest BCUT2D eigenvalue weighted by Gasteiger charge is 2.26. The summed E-state index contributed by atoms with van der Waals surface area (Å²) in [7, 11) is 0. The Morgan fingerprint density at radius 3 is 1.78 bits per heavy atom. The Bertz CT molecular complexity index is 282. The Hall–Kier alpha value is -1.10. The molecule has 1 aromatic carbocycles. The van der Waals surface area contributed by atoms with E-state index >= 15 is 0 Å². The summed E-state index contributed by atoms with van der Waals surface area (Å²) >= 11 is 0. The van der Waals surface area contributed by atoms with Crippen LogP contribution < -0.4 is 0 Å². The first kappa shape index (κ1) is 15.0. The van der Waals surface area contributed by atoms with E-state index in [1.807, 2.05) is 19.9 Å². The zero-order valence-corrected chi connectivity index (χ0v) is 11.0. The monoisotopic (exact) mass is 254 g/mol. The van der Waals surface area contributed by atoms with Crippen LogP contribution in [0.4, 0.5) is 0 Å². The molecule has 2 heterocycles. The van der Waals surface area contributed by atoms with Gasteiger partial charge in [-0.15, -0.1) is 0 Å². The molecule has 0 saturated carbocycles. The molecular formula is C14H22O4. The van der Waals surface area contributed by atoms with Crippen molar-refractivity contribution in [1.29, 1.82) is 0 Å². The Labute approximate surface area is 108 Å². The van der Waals surface area contributed by atoms with Crippen LogP contribution in [0.1, 0.15) is 13.8 Å². The molecular weight excluding hydrogens is 232 g/mol. The summed E-state index contributed by atoms with van der Waals surface area (Å²) in [5.74, 6) is 0.322. The molecule has 0 amide bonds. The first-order chi connectivity index (χ1) is 8.84. The Kier molecular flexibility index (Phi) is 7.41. The van der Waals surface area contributed by atoms with Gasteiger partial charge in [0.25, 0.3) is 0 Å². The number of para-hydroxylation sites is 1. The predicted octanol–water partition coefficient (Wildman–Crippen LogP) is 2.22. The summed E-state index contributed by atoms with van der Waals surface area (Å²) in [6, 6.07) is 8.71. The van der Waals surface area contributed by atoms with Gasteiger partial charge in [-0.3, -0.25) is 0 Å². The zero-order chi connectivity index (χ0) is 13.2. The number of hydrogen-bond acceptors (Lipinski definition) is 4. The van der Waals surface area contributed by atoms with Crippen molar-refractivity contribution in [3.05, 3.63) is 30.3 Å². The van der Waals surface area contributed by atoms with Gasteiger partial charge in [-0.1, -0.05) is 32.0 Å². The number of benzene rings is 1. The average Bonchev–Trinajstić information content (AvgIpc) is 3.28. The minimum Gasteiger partial charge on any atom is -0.508 e. The van der Waals surface area contributed by atoms with Gasteiger partial charge in [-0.25, -0.2) is 0 Å². The molecule has 2 aliphatic rings. The van der Waals surface area contributed by atoms with Crippen molar-refractivity contribution >= 4 is 0 Å². The summed E-state index contributed by atoms with van der Waals surface area (Å²) in [5, 5.41) is 8.63. The van der Waals surface area contributed by atoms with E-state index in [1.165, 1.54) is 0 Å². The third kappa shape index (κ3) is 8.06. The molecule has 2 atom stereocenters. The van der Waals surface area contributed by atoms with Crippen LogP contribution in [0, 0.1) is 0 Å². The normalized spacial score (nSPS) is 23.0. The van der Waals surface area contributed by atoms with E-state index in [4.69, 9.17) is 19.3 Å². The van der Waals surface area contributed by atoms with E-state index in [9.17, 15) is 0 Å². The lowest BCUT2D eigenvalue weighted by Gasteiger charge is -1.95. The first-order valence-corrected chi connectivity index (χ1v) is 6.39. The number of phenols is 1. The van der Waals surface area contributed by atoms with Gasteiger partial charge in [0.05, 0.1) is 26.4 Å². The number of epoxide rings is 2. The molecule has 2 aliphatic heterocycles. The van der Waals surface area contributed by atoms with Crippen molar-refractivity contribution in [1.82, 2.24) is 0 Å². The molecule has 0 aliphatic carbocycles. The zero-order valence-electron chi connectivity index (χ0n) is 11.0. The van der Waals surface area contributed by atoms with Crippen LogP contribution in [-0.4, -0.2) is 43.7 Å². The maximum absolute atomic E-state index is 8.63. The number of rotatable bonds is 4. The van der Waals surface area contributed by atoms with E-state index < -0.39 is 0 Å². The lowest BCUT2D eigenvalue weighted by atomic mass is 10.3. The average molecular weight is 254 g/mol. The third-order valence-corrected chi connectivity index (χ3v) is 2.17. The van der Waals surface area contributed by atoms with Crippen LogP contribution in [0.25, 0.3) is 0 Å². The van der Waals surface area contributed by atoms with Crippen LogP contribution in [0.15, 0.2) is 30.3 Å². The summed E-state index contributed by atoms with van der Waals surface area (Å²) in [5.41, 5.74) is 0.